The minimum absolute atomic E-state index is 0.577. The summed E-state index contributed by atoms with van der Waals surface area (Å²) in [5.74, 6) is 5.80. The van der Waals surface area contributed by atoms with Crippen molar-refractivity contribution in [2.24, 2.45) is 5.84 Å². The molecule has 0 atom stereocenters. The lowest BCUT2D eigenvalue weighted by atomic mass is 10.0. The fourth-order valence-corrected chi connectivity index (χ4v) is 1.53. The predicted molar refractivity (Wildman–Crippen MR) is 63.8 cm³/mol. The van der Waals surface area contributed by atoms with Gasteiger partial charge in [-0.2, -0.15) is 5.10 Å². The number of aromatic nitrogens is 2. The molecule has 0 aliphatic carbocycles. The van der Waals surface area contributed by atoms with Gasteiger partial charge in [-0.1, -0.05) is 24.3 Å². The average molecular weight is 214 g/mol. The van der Waals surface area contributed by atoms with Crippen molar-refractivity contribution in [1.82, 2.24) is 10.2 Å². The van der Waals surface area contributed by atoms with Crippen molar-refractivity contribution >= 4 is 5.82 Å². The molecule has 3 N–H and O–H groups in total. The summed E-state index contributed by atoms with van der Waals surface area (Å²) in [7, 11) is 0. The number of hydrogen-bond donors (Lipinski definition) is 2. The molecule has 0 aliphatic rings. The SMILES string of the molecule is Cc1ccccc1Cc1ccc(NN)nn1. The maximum Gasteiger partial charge on any atom is 0.162 e. The lowest BCUT2D eigenvalue weighted by molar-refractivity contribution is 0.931. The zero-order valence-electron chi connectivity index (χ0n) is 9.14. The third-order valence-corrected chi connectivity index (χ3v) is 2.50. The molecular weight excluding hydrogens is 200 g/mol. The van der Waals surface area contributed by atoms with Crippen LogP contribution in [0, 0.1) is 6.92 Å². The standard InChI is InChI=1S/C12H14N4/c1-9-4-2-3-5-10(9)8-11-6-7-12(14-13)16-15-11/h2-7H,8,13H2,1H3,(H,14,16). The number of nitrogens with one attached hydrogen (secondary N) is 1. The molecule has 0 saturated heterocycles. The van der Waals surface area contributed by atoms with Crippen LogP contribution in [0.25, 0.3) is 0 Å². The van der Waals surface area contributed by atoms with Crippen LogP contribution in [-0.2, 0) is 6.42 Å². The van der Waals surface area contributed by atoms with Crippen LogP contribution in [0.15, 0.2) is 36.4 Å². The lowest BCUT2D eigenvalue weighted by Gasteiger charge is -2.04. The minimum atomic E-state index is 0.577. The fraction of sp³-hybridized carbons (Fsp3) is 0.167. The van der Waals surface area contributed by atoms with E-state index in [-0.39, 0.29) is 0 Å². The van der Waals surface area contributed by atoms with E-state index in [0.717, 1.165) is 12.1 Å². The highest BCUT2D eigenvalue weighted by molar-refractivity contribution is 5.33. The molecule has 0 amide bonds. The van der Waals surface area contributed by atoms with E-state index in [1.807, 2.05) is 24.3 Å². The second-order valence-corrected chi connectivity index (χ2v) is 3.66. The van der Waals surface area contributed by atoms with E-state index in [1.54, 1.807) is 0 Å². The molecular formula is C12H14N4. The third kappa shape index (κ3) is 2.35. The number of anilines is 1. The number of nitrogens with two attached hydrogens (primary N) is 1. The number of hydrogen-bond acceptors (Lipinski definition) is 4. The smallest absolute Gasteiger partial charge is 0.162 e. The van der Waals surface area contributed by atoms with Crippen LogP contribution < -0.4 is 11.3 Å². The van der Waals surface area contributed by atoms with Crippen LogP contribution in [0.4, 0.5) is 5.82 Å². The van der Waals surface area contributed by atoms with Crippen molar-refractivity contribution in [2.75, 3.05) is 5.43 Å². The average Bonchev–Trinajstić information content (AvgIpc) is 2.33. The predicted octanol–water partition coefficient (Wildman–Crippen LogP) is 1.66. The third-order valence-electron chi connectivity index (χ3n) is 2.50. The summed E-state index contributed by atoms with van der Waals surface area (Å²) >= 11 is 0. The number of aryl methyl sites for hydroxylation is 1. The van der Waals surface area contributed by atoms with Gasteiger partial charge >= 0.3 is 0 Å². The van der Waals surface area contributed by atoms with Crippen molar-refractivity contribution in [3.63, 3.8) is 0 Å². The summed E-state index contributed by atoms with van der Waals surface area (Å²) in [6.07, 6.45) is 0.796. The van der Waals surface area contributed by atoms with E-state index in [0.29, 0.717) is 5.82 Å². The molecule has 0 unspecified atom stereocenters. The Balaban J connectivity index is 2.18. The second kappa shape index (κ2) is 4.72. The molecule has 0 fully saturated rings. The molecule has 0 radical (unpaired) electrons. The molecule has 2 aromatic rings. The van der Waals surface area contributed by atoms with E-state index in [2.05, 4.69) is 34.7 Å². The van der Waals surface area contributed by atoms with Crippen LogP contribution in [0.2, 0.25) is 0 Å². The zero-order chi connectivity index (χ0) is 11.4. The van der Waals surface area contributed by atoms with E-state index in [1.165, 1.54) is 11.1 Å². The Kier molecular flexibility index (Phi) is 3.12. The molecule has 0 spiro atoms. The van der Waals surface area contributed by atoms with Crippen molar-refractivity contribution < 1.29 is 0 Å². The van der Waals surface area contributed by atoms with Gasteiger partial charge in [0.2, 0.25) is 0 Å². The molecule has 1 aromatic carbocycles. The highest BCUT2D eigenvalue weighted by atomic mass is 15.3. The van der Waals surface area contributed by atoms with Gasteiger partial charge in [0, 0.05) is 6.42 Å². The maximum atomic E-state index is 5.22. The summed E-state index contributed by atoms with van der Waals surface area (Å²) in [4.78, 5) is 0. The Bertz CT molecular complexity index is 465. The van der Waals surface area contributed by atoms with Gasteiger partial charge in [0.15, 0.2) is 5.82 Å². The highest BCUT2D eigenvalue weighted by Crippen LogP contribution is 2.12. The van der Waals surface area contributed by atoms with Gasteiger partial charge < -0.3 is 5.43 Å². The number of nitrogen functional groups attached to an aromatic ring is 1. The summed E-state index contributed by atoms with van der Waals surface area (Å²) in [6, 6.07) is 12.0. The number of nitrogens with zero attached hydrogens (tertiary/aromatic N) is 2. The fourth-order valence-electron chi connectivity index (χ4n) is 1.53. The van der Waals surface area contributed by atoms with Gasteiger partial charge in [0.25, 0.3) is 0 Å². The van der Waals surface area contributed by atoms with Crippen molar-refractivity contribution in [3.8, 4) is 0 Å². The van der Waals surface area contributed by atoms with Gasteiger partial charge in [-0.3, -0.25) is 0 Å². The molecule has 0 aliphatic heterocycles. The normalized spacial score (nSPS) is 10.1. The van der Waals surface area contributed by atoms with Gasteiger partial charge in [0.1, 0.15) is 0 Å². The summed E-state index contributed by atoms with van der Waals surface area (Å²) in [5.41, 5.74) is 5.93. The van der Waals surface area contributed by atoms with Crippen LogP contribution >= 0.6 is 0 Å². The van der Waals surface area contributed by atoms with Crippen LogP contribution in [0.5, 0.6) is 0 Å². The molecule has 1 aromatic heterocycles. The Labute approximate surface area is 94.5 Å². The van der Waals surface area contributed by atoms with Gasteiger partial charge in [-0.25, -0.2) is 5.84 Å². The Morgan fingerprint density at radius 2 is 1.94 bits per heavy atom. The summed E-state index contributed by atoms with van der Waals surface area (Å²) < 4.78 is 0. The largest absolute Gasteiger partial charge is 0.307 e. The number of rotatable bonds is 3. The zero-order valence-corrected chi connectivity index (χ0v) is 9.14. The second-order valence-electron chi connectivity index (χ2n) is 3.66. The first kappa shape index (κ1) is 10.6. The number of hydrazine groups is 1. The van der Waals surface area contributed by atoms with E-state index in [4.69, 9.17) is 5.84 Å². The first-order valence-corrected chi connectivity index (χ1v) is 5.13. The molecule has 82 valence electrons. The van der Waals surface area contributed by atoms with E-state index >= 15 is 0 Å². The highest BCUT2D eigenvalue weighted by Gasteiger charge is 2.01. The molecule has 0 bridgehead atoms. The minimum Gasteiger partial charge on any atom is -0.307 e. The van der Waals surface area contributed by atoms with Gasteiger partial charge in [0.05, 0.1) is 5.69 Å². The van der Waals surface area contributed by atoms with Crippen LogP contribution in [0.3, 0.4) is 0 Å². The summed E-state index contributed by atoms with van der Waals surface area (Å²) in [6.45, 7) is 2.10. The first-order valence-electron chi connectivity index (χ1n) is 5.13. The van der Waals surface area contributed by atoms with Gasteiger partial charge in [-0.05, 0) is 30.2 Å². The Hall–Kier alpha value is -1.94. The Morgan fingerprint density at radius 3 is 2.56 bits per heavy atom. The van der Waals surface area contributed by atoms with Crippen molar-refractivity contribution in [3.05, 3.63) is 53.2 Å². The molecule has 16 heavy (non-hydrogen) atoms. The first-order chi connectivity index (χ1) is 7.79. The number of benzene rings is 1. The lowest BCUT2D eigenvalue weighted by Crippen LogP contribution is -2.09. The monoisotopic (exact) mass is 214 g/mol. The molecule has 1 heterocycles. The Morgan fingerprint density at radius 1 is 1.12 bits per heavy atom. The maximum absolute atomic E-state index is 5.22. The van der Waals surface area contributed by atoms with E-state index < -0.39 is 0 Å². The molecule has 4 heteroatoms. The van der Waals surface area contributed by atoms with Crippen molar-refractivity contribution in [1.29, 1.82) is 0 Å². The topological polar surface area (TPSA) is 63.8 Å². The van der Waals surface area contributed by atoms with Crippen molar-refractivity contribution in [2.45, 2.75) is 13.3 Å². The quantitative estimate of drug-likeness (QED) is 0.602. The van der Waals surface area contributed by atoms with Crippen LogP contribution in [0.1, 0.15) is 16.8 Å². The summed E-state index contributed by atoms with van der Waals surface area (Å²) in [5, 5.41) is 8.03. The van der Waals surface area contributed by atoms with Crippen LogP contribution in [-0.4, -0.2) is 10.2 Å². The van der Waals surface area contributed by atoms with Gasteiger partial charge in [-0.15, -0.1) is 5.10 Å². The molecule has 4 nitrogen and oxygen atoms in total. The van der Waals surface area contributed by atoms with E-state index in [9.17, 15) is 0 Å². The molecule has 2 rings (SSSR count). The molecule has 0 saturated carbocycles.